The topological polar surface area (TPSA) is 70.8 Å². The molecule has 5 nitrogen and oxygen atoms in total. The Morgan fingerprint density at radius 1 is 1.25 bits per heavy atom. The second-order valence-electron chi connectivity index (χ2n) is 5.95. The van der Waals surface area contributed by atoms with Gasteiger partial charge in [-0.2, -0.15) is 0 Å². The van der Waals surface area contributed by atoms with Crippen LogP contribution in [0.15, 0.2) is 34.7 Å². The number of fused-ring (bicyclic) bond motifs is 1. The van der Waals surface area contributed by atoms with Gasteiger partial charge in [-0.25, -0.2) is 4.79 Å². The van der Waals surface area contributed by atoms with Gasteiger partial charge in [-0.1, -0.05) is 38.1 Å². The van der Waals surface area contributed by atoms with E-state index in [1.807, 2.05) is 26.0 Å². The van der Waals surface area contributed by atoms with Crippen molar-refractivity contribution in [3.8, 4) is 0 Å². The second kappa shape index (κ2) is 6.51. The number of amides is 1. The van der Waals surface area contributed by atoms with Crippen molar-refractivity contribution < 1.29 is 19.1 Å². The van der Waals surface area contributed by atoms with Gasteiger partial charge < -0.3 is 14.4 Å². The molecule has 126 valence electrons. The highest BCUT2D eigenvalue weighted by molar-refractivity contribution is 5.95. The third-order valence-corrected chi connectivity index (χ3v) is 4.59. The number of furan rings is 1. The molecule has 0 radical (unpaired) electrons. The zero-order valence-electron chi connectivity index (χ0n) is 13.9. The molecule has 2 aromatic rings. The van der Waals surface area contributed by atoms with Crippen LogP contribution in [0.5, 0.6) is 0 Å². The van der Waals surface area contributed by atoms with E-state index >= 15 is 0 Å². The van der Waals surface area contributed by atoms with Gasteiger partial charge in [-0.05, 0) is 35.6 Å². The summed E-state index contributed by atoms with van der Waals surface area (Å²) in [6.07, 6.45) is 2.14. The van der Waals surface area contributed by atoms with Gasteiger partial charge in [-0.3, -0.25) is 4.79 Å². The van der Waals surface area contributed by atoms with Crippen LogP contribution < -0.4 is 0 Å². The second-order valence-corrected chi connectivity index (χ2v) is 5.95. The number of nitrogens with zero attached hydrogens (tertiary/aromatic N) is 1. The number of carboxylic acids is 1. The van der Waals surface area contributed by atoms with Gasteiger partial charge in [0.05, 0.1) is 0 Å². The molecule has 1 atom stereocenters. The number of carboxylic acid groups (broad SMARTS) is 1. The van der Waals surface area contributed by atoms with E-state index < -0.39 is 12.0 Å². The largest absolute Gasteiger partial charge is 0.479 e. The molecule has 0 fully saturated rings. The van der Waals surface area contributed by atoms with Gasteiger partial charge in [0, 0.05) is 13.0 Å². The van der Waals surface area contributed by atoms with E-state index in [1.165, 1.54) is 4.90 Å². The van der Waals surface area contributed by atoms with E-state index in [-0.39, 0.29) is 11.7 Å². The fraction of sp³-hybridized carbons (Fsp3) is 0.368. The van der Waals surface area contributed by atoms with Crippen molar-refractivity contribution >= 4 is 11.9 Å². The monoisotopic (exact) mass is 327 g/mol. The third-order valence-electron chi connectivity index (χ3n) is 4.59. The first-order valence-corrected chi connectivity index (χ1v) is 8.30. The average Bonchev–Trinajstić information content (AvgIpc) is 3.03. The van der Waals surface area contributed by atoms with E-state index in [9.17, 15) is 14.7 Å². The Kier molecular flexibility index (Phi) is 4.42. The van der Waals surface area contributed by atoms with Gasteiger partial charge in [-0.15, -0.1) is 0 Å². The van der Waals surface area contributed by atoms with Gasteiger partial charge in [0.2, 0.25) is 0 Å². The number of hydrogen-bond acceptors (Lipinski definition) is 3. The van der Waals surface area contributed by atoms with Crippen molar-refractivity contribution in [3.63, 3.8) is 0 Å². The number of rotatable bonds is 4. The molecule has 0 saturated heterocycles. The predicted molar refractivity (Wildman–Crippen MR) is 89.0 cm³/mol. The summed E-state index contributed by atoms with van der Waals surface area (Å²) >= 11 is 0. The minimum Gasteiger partial charge on any atom is -0.479 e. The van der Waals surface area contributed by atoms with Crippen LogP contribution in [0.3, 0.4) is 0 Å². The number of benzene rings is 1. The number of carbonyl (C=O) groups is 2. The first-order valence-electron chi connectivity index (χ1n) is 8.30. The van der Waals surface area contributed by atoms with Crippen LogP contribution in [-0.2, 0) is 24.1 Å². The van der Waals surface area contributed by atoms with Crippen molar-refractivity contribution in [2.75, 3.05) is 6.54 Å². The standard InChI is InChI=1S/C19H21NO4/c1-3-12-11-16(24-15(12)4-2)18(21)20-10-9-13-7-5-6-8-14(13)17(20)19(22)23/h5-8,11,17H,3-4,9-10H2,1-2H3,(H,22,23). The molecule has 24 heavy (non-hydrogen) atoms. The summed E-state index contributed by atoms with van der Waals surface area (Å²) in [6, 6.07) is 8.18. The van der Waals surface area contributed by atoms with E-state index in [4.69, 9.17) is 4.42 Å². The number of hydrogen-bond donors (Lipinski definition) is 1. The summed E-state index contributed by atoms with van der Waals surface area (Å²) in [7, 11) is 0. The van der Waals surface area contributed by atoms with Crippen molar-refractivity contribution in [2.45, 2.75) is 39.2 Å². The molecule has 0 bridgehead atoms. The highest BCUT2D eigenvalue weighted by Gasteiger charge is 2.37. The Morgan fingerprint density at radius 3 is 2.62 bits per heavy atom. The van der Waals surface area contributed by atoms with Crippen LogP contribution in [0.4, 0.5) is 0 Å². The number of carbonyl (C=O) groups excluding carboxylic acids is 1. The Bertz CT molecular complexity index is 756. The SMILES string of the molecule is CCc1cc(C(=O)N2CCc3ccccc3C2C(=O)O)oc1CC. The third kappa shape index (κ3) is 2.70. The quantitative estimate of drug-likeness (QED) is 0.936. The van der Waals surface area contributed by atoms with E-state index in [2.05, 4.69) is 0 Å². The van der Waals surface area contributed by atoms with E-state index in [0.29, 0.717) is 24.9 Å². The summed E-state index contributed by atoms with van der Waals surface area (Å²) < 4.78 is 5.70. The van der Waals surface area contributed by atoms with Crippen LogP contribution in [0.1, 0.15) is 52.9 Å². The summed E-state index contributed by atoms with van der Waals surface area (Å²) in [5, 5.41) is 9.68. The normalized spacial score (nSPS) is 16.8. The van der Waals surface area contributed by atoms with Crippen molar-refractivity contribution in [3.05, 3.63) is 58.5 Å². The highest BCUT2D eigenvalue weighted by Crippen LogP contribution is 2.32. The van der Waals surface area contributed by atoms with E-state index in [1.54, 1.807) is 18.2 Å². The van der Waals surface area contributed by atoms with Crippen LogP contribution in [0, 0.1) is 0 Å². The van der Waals surface area contributed by atoms with Crippen LogP contribution >= 0.6 is 0 Å². The molecule has 1 aromatic heterocycles. The maximum Gasteiger partial charge on any atom is 0.331 e. The minimum absolute atomic E-state index is 0.231. The first-order chi connectivity index (χ1) is 11.6. The van der Waals surface area contributed by atoms with Crippen molar-refractivity contribution in [2.24, 2.45) is 0 Å². The lowest BCUT2D eigenvalue weighted by atomic mass is 9.92. The van der Waals surface area contributed by atoms with Crippen LogP contribution in [0.2, 0.25) is 0 Å². The average molecular weight is 327 g/mol. The zero-order chi connectivity index (χ0) is 17.3. The van der Waals surface area contributed by atoms with E-state index in [0.717, 1.165) is 23.3 Å². The lowest BCUT2D eigenvalue weighted by molar-refractivity contribution is -0.143. The van der Waals surface area contributed by atoms with Crippen molar-refractivity contribution in [1.29, 1.82) is 0 Å². The first kappa shape index (κ1) is 16.3. The molecule has 1 N–H and O–H groups in total. The molecule has 2 heterocycles. The molecular weight excluding hydrogens is 306 g/mol. The van der Waals surface area contributed by atoms with Crippen LogP contribution in [0.25, 0.3) is 0 Å². The molecule has 1 amide bonds. The lowest BCUT2D eigenvalue weighted by Crippen LogP contribution is -2.43. The number of aryl methyl sites for hydroxylation is 2. The fourth-order valence-electron chi connectivity index (χ4n) is 3.36. The predicted octanol–water partition coefficient (Wildman–Crippen LogP) is 3.23. The maximum atomic E-state index is 12.9. The Balaban J connectivity index is 1.97. The molecule has 0 saturated carbocycles. The minimum atomic E-state index is -1.02. The van der Waals surface area contributed by atoms with Crippen molar-refractivity contribution in [1.82, 2.24) is 4.90 Å². The lowest BCUT2D eigenvalue weighted by Gasteiger charge is -2.34. The number of aliphatic carboxylic acids is 1. The molecule has 0 spiro atoms. The molecule has 5 heteroatoms. The molecule has 1 aromatic carbocycles. The molecule has 3 rings (SSSR count). The summed E-state index contributed by atoms with van der Waals surface area (Å²) in [4.78, 5) is 26.1. The Labute approximate surface area is 140 Å². The Morgan fingerprint density at radius 2 is 2.00 bits per heavy atom. The summed E-state index contributed by atoms with van der Waals surface area (Å²) in [5.41, 5.74) is 2.67. The summed E-state index contributed by atoms with van der Waals surface area (Å²) in [5.74, 6) is -0.348. The molecule has 1 aliphatic rings. The molecular formula is C19H21NO4. The van der Waals surface area contributed by atoms with Gasteiger partial charge in [0.1, 0.15) is 5.76 Å². The molecule has 1 aliphatic heterocycles. The van der Waals surface area contributed by atoms with Gasteiger partial charge in [0.15, 0.2) is 11.8 Å². The van der Waals surface area contributed by atoms with Crippen LogP contribution in [-0.4, -0.2) is 28.4 Å². The summed E-state index contributed by atoms with van der Waals surface area (Å²) in [6.45, 7) is 4.36. The van der Waals surface area contributed by atoms with Gasteiger partial charge in [0.25, 0.3) is 5.91 Å². The van der Waals surface area contributed by atoms with Gasteiger partial charge >= 0.3 is 5.97 Å². The molecule has 0 aliphatic carbocycles. The smallest absolute Gasteiger partial charge is 0.331 e. The zero-order valence-corrected chi connectivity index (χ0v) is 13.9. The highest BCUT2D eigenvalue weighted by atomic mass is 16.4. The maximum absolute atomic E-state index is 12.9. The molecule has 1 unspecified atom stereocenters. The Hall–Kier alpha value is -2.56. The fourth-order valence-corrected chi connectivity index (χ4v) is 3.36.